The summed E-state index contributed by atoms with van der Waals surface area (Å²) in [7, 11) is 1.90. The summed E-state index contributed by atoms with van der Waals surface area (Å²) in [5.74, 6) is 0.444. The third-order valence-electron chi connectivity index (χ3n) is 2.51. The van der Waals surface area contributed by atoms with E-state index in [1.54, 1.807) is 4.68 Å². The van der Waals surface area contributed by atoms with E-state index in [0.29, 0.717) is 12.0 Å². The molecule has 12 heavy (non-hydrogen) atoms. The maximum Gasteiger partial charge on any atom is 0.151 e. The van der Waals surface area contributed by atoms with Crippen LogP contribution in [0.15, 0.2) is 4.60 Å². The van der Waals surface area contributed by atoms with Gasteiger partial charge in [0.25, 0.3) is 0 Å². The van der Waals surface area contributed by atoms with E-state index in [1.807, 2.05) is 7.05 Å². The summed E-state index contributed by atoms with van der Waals surface area (Å²) in [4.78, 5) is 0. The van der Waals surface area contributed by atoms with Crippen molar-refractivity contribution >= 4 is 15.9 Å². The van der Waals surface area contributed by atoms with Gasteiger partial charge in [-0.3, -0.25) is 4.68 Å². The number of hydrogen-bond acceptors (Lipinski definition) is 3. The van der Waals surface area contributed by atoms with Crippen LogP contribution in [0.5, 0.6) is 0 Å². The normalized spacial score (nSPS) is 28.6. The lowest BCUT2D eigenvalue weighted by Crippen LogP contribution is -2.38. The van der Waals surface area contributed by atoms with E-state index in [1.165, 1.54) is 0 Å². The van der Waals surface area contributed by atoms with E-state index in [0.717, 1.165) is 23.1 Å². The van der Waals surface area contributed by atoms with E-state index in [4.69, 9.17) is 5.73 Å². The van der Waals surface area contributed by atoms with Gasteiger partial charge in [-0.2, -0.15) is 0 Å². The lowest BCUT2D eigenvalue weighted by atomic mass is 9.78. The van der Waals surface area contributed by atoms with Gasteiger partial charge < -0.3 is 5.73 Å². The van der Waals surface area contributed by atoms with Crippen molar-refractivity contribution in [1.29, 1.82) is 0 Å². The maximum atomic E-state index is 5.86. The molecule has 1 fully saturated rings. The molecule has 2 atom stereocenters. The van der Waals surface area contributed by atoms with Crippen LogP contribution < -0.4 is 5.73 Å². The van der Waals surface area contributed by atoms with Gasteiger partial charge in [0.05, 0.1) is 5.69 Å². The van der Waals surface area contributed by atoms with E-state index in [9.17, 15) is 0 Å². The predicted molar refractivity (Wildman–Crippen MR) is 48.7 cm³/mol. The second-order valence-electron chi connectivity index (χ2n) is 3.24. The molecule has 1 heterocycles. The number of nitrogens with zero attached hydrogens (tertiary/aromatic N) is 3. The molecule has 0 aliphatic heterocycles. The molecule has 1 aliphatic carbocycles. The first-order valence-electron chi connectivity index (χ1n) is 4.01. The van der Waals surface area contributed by atoms with Crippen molar-refractivity contribution in [2.24, 2.45) is 12.8 Å². The Balaban J connectivity index is 2.32. The molecule has 0 amide bonds. The number of hydrogen-bond donors (Lipinski definition) is 1. The van der Waals surface area contributed by atoms with Gasteiger partial charge >= 0.3 is 0 Å². The minimum atomic E-state index is 0.290. The minimum absolute atomic E-state index is 0.290. The van der Waals surface area contributed by atoms with E-state index in [2.05, 4.69) is 26.2 Å². The molecule has 0 aromatic carbocycles. The molecular weight excluding hydrogens is 220 g/mol. The van der Waals surface area contributed by atoms with Crippen molar-refractivity contribution in [1.82, 2.24) is 15.0 Å². The van der Waals surface area contributed by atoms with Crippen molar-refractivity contribution in [3.05, 3.63) is 10.3 Å². The van der Waals surface area contributed by atoms with Crippen molar-refractivity contribution in [3.8, 4) is 0 Å². The smallest absolute Gasteiger partial charge is 0.151 e. The Morgan fingerprint density at radius 1 is 1.58 bits per heavy atom. The highest BCUT2D eigenvalue weighted by Gasteiger charge is 2.33. The van der Waals surface area contributed by atoms with Gasteiger partial charge in [0.2, 0.25) is 0 Å². The molecule has 1 saturated carbocycles. The summed E-state index contributed by atoms with van der Waals surface area (Å²) < 4.78 is 2.64. The molecule has 66 valence electrons. The van der Waals surface area contributed by atoms with Crippen molar-refractivity contribution in [2.45, 2.75) is 24.8 Å². The fourth-order valence-corrected chi connectivity index (χ4v) is 2.22. The molecule has 0 radical (unpaired) electrons. The second-order valence-corrected chi connectivity index (χ2v) is 3.99. The second kappa shape index (κ2) is 2.81. The standard InChI is InChI=1S/C7H11BrN4/c1-12-6(7(8)10-11-12)4-2-3-5(4)9/h4-5H,2-3,9H2,1H3. The van der Waals surface area contributed by atoms with Crippen LogP contribution in [0.1, 0.15) is 24.5 Å². The zero-order valence-corrected chi connectivity index (χ0v) is 8.45. The van der Waals surface area contributed by atoms with Crippen molar-refractivity contribution in [2.75, 3.05) is 0 Å². The molecule has 1 aliphatic rings. The first-order valence-corrected chi connectivity index (χ1v) is 4.80. The Morgan fingerprint density at radius 2 is 2.33 bits per heavy atom. The fourth-order valence-electron chi connectivity index (χ4n) is 1.60. The minimum Gasteiger partial charge on any atom is -0.327 e. The average molecular weight is 231 g/mol. The molecule has 4 nitrogen and oxygen atoms in total. The van der Waals surface area contributed by atoms with Gasteiger partial charge in [0.15, 0.2) is 4.60 Å². The monoisotopic (exact) mass is 230 g/mol. The molecular formula is C7H11BrN4. The van der Waals surface area contributed by atoms with Crippen molar-refractivity contribution < 1.29 is 0 Å². The Bertz CT molecular complexity index is 276. The topological polar surface area (TPSA) is 56.7 Å². The molecule has 2 N–H and O–H groups in total. The number of aryl methyl sites for hydroxylation is 1. The van der Waals surface area contributed by atoms with Gasteiger partial charge in [0, 0.05) is 19.0 Å². The number of halogens is 1. The van der Waals surface area contributed by atoms with Gasteiger partial charge in [-0.15, -0.1) is 5.10 Å². The Morgan fingerprint density at radius 3 is 2.67 bits per heavy atom. The lowest BCUT2D eigenvalue weighted by Gasteiger charge is -2.33. The SMILES string of the molecule is Cn1nnc(Br)c1C1CCC1N. The summed E-state index contributed by atoms with van der Waals surface area (Å²) in [6, 6.07) is 0.290. The highest BCUT2D eigenvalue weighted by Crippen LogP contribution is 2.37. The third-order valence-corrected chi connectivity index (χ3v) is 3.07. The molecule has 2 rings (SSSR count). The van der Waals surface area contributed by atoms with Crippen molar-refractivity contribution in [3.63, 3.8) is 0 Å². The molecule has 1 aromatic rings. The summed E-state index contributed by atoms with van der Waals surface area (Å²) >= 11 is 3.37. The lowest BCUT2D eigenvalue weighted by molar-refractivity contribution is 0.330. The largest absolute Gasteiger partial charge is 0.327 e. The highest BCUT2D eigenvalue weighted by atomic mass is 79.9. The van der Waals surface area contributed by atoms with Crippen LogP contribution in [0.2, 0.25) is 0 Å². The van der Waals surface area contributed by atoms with Gasteiger partial charge in [0.1, 0.15) is 0 Å². The zero-order valence-electron chi connectivity index (χ0n) is 6.87. The van der Waals surface area contributed by atoms with Crippen LogP contribution in [0, 0.1) is 0 Å². The Kier molecular flexibility index (Phi) is 1.92. The van der Waals surface area contributed by atoms with Crippen LogP contribution >= 0.6 is 15.9 Å². The first-order chi connectivity index (χ1) is 5.70. The van der Waals surface area contributed by atoms with E-state index < -0.39 is 0 Å². The van der Waals surface area contributed by atoms with Crippen LogP contribution in [0.25, 0.3) is 0 Å². The average Bonchev–Trinajstić information content (AvgIpc) is 2.33. The Labute approximate surface area is 79.3 Å². The molecule has 5 heteroatoms. The molecule has 1 aromatic heterocycles. The molecule has 2 unspecified atom stereocenters. The number of nitrogens with two attached hydrogens (primary N) is 1. The van der Waals surface area contributed by atoms with Crippen LogP contribution in [0.3, 0.4) is 0 Å². The van der Waals surface area contributed by atoms with Crippen LogP contribution in [-0.4, -0.2) is 21.0 Å². The molecule has 0 saturated heterocycles. The number of rotatable bonds is 1. The van der Waals surface area contributed by atoms with Gasteiger partial charge in [-0.1, -0.05) is 5.21 Å². The Hall–Kier alpha value is -0.420. The van der Waals surface area contributed by atoms with Crippen LogP contribution in [0.4, 0.5) is 0 Å². The zero-order chi connectivity index (χ0) is 8.72. The fraction of sp³-hybridized carbons (Fsp3) is 0.714. The van der Waals surface area contributed by atoms with Gasteiger partial charge in [-0.05, 0) is 28.8 Å². The molecule has 0 spiro atoms. The quantitative estimate of drug-likeness (QED) is 0.777. The highest BCUT2D eigenvalue weighted by molar-refractivity contribution is 9.10. The first kappa shape index (κ1) is 8.19. The van der Waals surface area contributed by atoms with E-state index >= 15 is 0 Å². The van der Waals surface area contributed by atoms with E-state index in [-0.39, 0.29) is 0 Å². The van der Waals surface area contributed by atoms with Crippen LogP contribution in [-0.2, 0) is 7.05 Å². The third kappa shape index (κ3) is 1.08. The summed E-state index contributed by atoms with van der Waals surface area (Å²) in [5.41, 5.74) is 7.00. The molecule has 0 bridgehead atoms. The predicted octanol–water partition coefficient (Wildman–Crippen LogP) is 0.782. The number of aromatic nitrogens is 3. The van der Waals surface area contributed by atoms with Gasteiger partial charge in [-0.25, -0.2) is 0 Å². The summed E-state index contributed by atoms with van der Waals surface area (Å²) in [6.45, 7) is 0. The summed E-state index contributed by atoms with van der Waals surface area (Å²) in [5, 5.41) is 7.85. The summed E-state index contributed by atoms with van der Waals surface area (Å²) in [6.07, 6.45) is 2.27. The maximum absolute atomic E-state index is 5.86.